The summed E-state index contributed by atoms with van der Waals surface area (Å²) in [6.07, 6.45) is 0. The summed E-state index contributed by atoms with van der Waals surface area (Å²) in [5, 5.41) is 5.25. The van der Waals surface area contributed by atoms with Gasteiger partial charge < -0.3 is 9.13 Å². The van der Waals surface area contributed by atoms with Crippen molar-refractivity contribution in [1.82, 2.24) is 9.13 Å². The lowest BCUT2D eigenvalue weighted by Crippen LogP contribution is -2.16. The van der Waals surface area contributed by atoms with Crippen molar-refractivity contribution in [1.29, 1.82) is 0 Å². The van der Waals surface area contributed by atoms with Crippen LogP contribution in [0.3, 0.4) is 0 Å². The molecule has 2 heteroatoms. The first-order valence-electron chi connectivity index (χ1n) is 14.4. The van der Waals surface area contributed by atoms with E-state index in [4.69, 9.17) is 0 Å². The van der Waals surface area contributed by atoms with Crippen molar-refractivity contribution in [3.05, 3.63) is 145 Å². The number of rotatable bonds is 2. The Kier molecular flexibility index (Phi) is 4.42. The first-order valence-corrected chi connectivity index (χ1v) is 14.4. The van der Waals surface area contributed by atoms with Gasteiger partial charge in [0.1, 0.15) is 0 Å². The number of fused-ring (bicyclic) bond motifs is 12. The molecule has 2 heterocycles. The van der Waals surface area contributed by atoms with Gasteiger partial charge in [0.05, 0.1) is 22.1 Å². The van der Waals surface area contributed by atoms with Crippen LogP contribution in [0.5, 0.6) is 0 Å². The maximum absolute atomic E-state index is 2.52. The number of nitrogens with zero attached hydrogens (tertiary/aromatic N) is 2. The third-order valence-corrected chi connectivity index (χ3v) is 9.25. The van der Waals surface area contributed by atoms with E-state index in [1.54, 1.807) is 0 Å². The van der Waals surface area contributed by atoms with Crippen molar-refractivity contribution in [2.75, 3.05) is 0 Å². The SMILES string of the molecule is CC1(C)c2ccccc2-c2c1c1c(c3ccccc3n1-c1ccccc1)c1c3ccccc3n(-c3ccccc3)c21. The van der Waals surface area contributed by atoms with Gasteiger partial charge in [-0.1, -0.05) is 111 Å². The van der Waals surface area contributed by atoms with Gasteiger partial charge in [0, 0.05) is 43.9 Å². The van der Waals surface area contributed by atoms with Crippen molar-refractivity contribution in [3.63, 3.8) is 0 Å². The van der Waals surface area contributed by atoms with Crippen LogP contribution in [0, 0.1) is 0 Å². The second-order valence-electron chi connectivity index (χ2n) is 11.7. The third-order valence-electron chi connectivity index (χ3n) is 9.25. The zero-order valence-corrected chi connectivity index (χ0v) is 23.1. The molecule has 194 valence electrons. The molecule has 0 aliphatic heterocycles. The van der Waals surface area contributed by atoms with Crippen LogP contribution in [0.4, 0.5) is 0 Å². The van der Waals surface area contributed by atoms with Crippen LogP contribution in [-0.2, 0) is 5.41 Å². The first kappa shape index (κ1) is 22.7. The van der Waals surface area contributed by atoms with Crippen molar-refractivity contribution in [2.45, 2.75) is 19.3 Å². The molecular weight excluding hydrogens is 496 g/mol. The largest absolute Gasteiger partial charge is 0.309 e. The second kappa shape index (κ2) is 7.99. The highest BCUT2D eigenvalue weighted by atomic mass is 15.0. The molecule has 0 saturated heterocycles. The lowest BCUT2D eigenvalue weighted by molar-refractivity contribution is 0.664. The molecule has 2 nitrogen and oxygen atoms in total. The number of hydrogen-bond donors (Lipinski definition) is 0. The Labute approximate surface area is 238 Å². The topological polar surface area (TPSA) is 9.86 Å². The number of benzene rings is 6. The fourth-order valence-corrected chi connectivity index (χ4v) is 7.64. The average molecular weight is 525 g/mol. The van der Waals surface area contributed by atoms with Gasteiger partial charge >= 0.3 is 0 Å². The third kappa shape index (κ3) is 2.82. The van der Waals surface area contributed by atoms with E-state index >= 15 is 0 Å². The van der Waals surface area contributed by atoms with Gasteiger partial charge in [-0.3, -0.25) is 0 Å². The minimum absolute atomic E-state index is 0.183. The average Bonchev–Trinajstić information content (AvgIpc) is 3.62. The van der Waals surface area contributed by atoms with Crippen molar-refractivity contribution in [3.8, 4) is 22.5 Å². The van der Waals surface area contributed by atoms with E-state index in [-0.39, 0.29) is 5.41 Å². The van der Waals surface area contributed by atoms with Crippen molar-refractivity contribution < 1.29 is 0 Å². The lowest BCUT2D eigenvalue weighted by Gasteiger charge is -2.24. The minimum atomic E-state index is -0.183. The Hall–Kier alpha value is -5.08. The van der Waals surface area contributed by atoms with Gasteiger partial charge in [-0.25, -0.2) is 0 Å². The quantitative estimate of drug-likeness (QED) is 0.213. The number of para-hydroxylation sites is 4. The van der Waals surface area contributed by atoms with Crippen molar-refractivity contribution >= 4 is 43.6 Å². The van der Waals surface area contributed by atoms with Crippen LogP contribution in [0.2, 0.25) is 0 Å². The minimum Gasteiger partial charge on any atom is -0.309 e. The molecule has 1 aliphatic rings. The summed E-state index contributed by atoms with van der Waals surface area (Å²) in [5.74, 6) is 0. The summed E-state index contributed by atoms with van der Waals surface area (Å²) in [5.41, 5.74) is 12.8. The molecule has 0 atom stereocenters. The fraction of sp³-hybridized carbons (Fsp3) is 0.0769. The summed E-state index contributed by atoms with van der Waals surface area (Å²) < 4.78 is 5.03. The van der Waals surface area contributed by atoms with E-state index in [0.29, 0.717) is 0 Å². The molecule has 41 heavy (non-hydrogen) atoms. The van der Waals surface area contributed by atoms with E-state index in [1.807, 2.05) is 0 Å². The predicted octanol–water partition coefficient (Wildman–Crippen LogP) is 10.2. The molecule has 9 rings (SSSR count). The van der Waals surface area contributed by atoms with Gasteiger partial charge in [0.15, 0.2) is 0 Å². The number of hydrogen-bond acceptors (Lipinski definition) is 0. The summed E-state index contributed by atoms with van der Waals surface area (Å²) in [6, 6.07) is 48.7. The Morgan fingerprint density at radius 3 is 1.54 bits per heavy atom. The molecule has 0 amide bonds. The summed E-state index contributed by atoms with van der Waals surface area (Å²) in [4.78, 5) is 0. The molecule has 8 aromatic rings. The van der Waals surface area contributed by atoms with Crippen molar-refractivity contribution in [2.24, 2.45) is 0 Å². The molecule has 0 bridgehead atoms. The van der Waals surface area contributed by atoms with Crippen LogP contribution in [0.1, 0.15) is 25.0 Å². The molecule has 0 spiro atoms. The lowest BCUT2D eigenvalue weighted by atomic mass is 9.81. The van der Waals surface area contributed by atoms with Gasteiger partial charge in [-0.05, 0) is 53.1 Å². The highest BCUT2D eigenvalue weighted by Crippen LogP contribution is 2.57. The molecule has 0 fully saturated rings. The standard InChI is InChI=1S/C39H28N2/c1-39(2)30-22-12-9-19-27(30)35-36(39)38-34(29-21-11-14-24-32(29)41(38)26-17-7-4-8-18-26)33-28-20-10-13-23-31(28)40(37(33)35)25-15-5-3-6-16-25/h3-24H,1-2H3. The number of aromatic nitrogens is 2. The monoisotopic (exact) mass is 524 g/mol. The van der Waals surface area contributed by atoms with Crippen LogP contribution in [0.15, 0.2) is 133 Å². The Morgan fingerprint density at radius 1 is 0.463 bits per heavy atom. The zero-order valence-electron chi connectivity index (χ0n) is 23.1. The van der Waals surface area contributed by atoms with Crippen LogP contribution in [0.25, 0.3) is 66.1 Å². The van der Waals surface area contributed by atoms with E-state index in [0.717, 1.165) is 0 Å². The van der Waals surface area contributed by atoms with Gasteiger partial charge in [0.2, 0.25) is 0 Å². The van der Waals surface area contributed by atoms with E-state index < -0.39 is 0 Å². The molecule has 1 aliphatic carbocycles. The summed E-state index contributed by atoms with van der Waals surface area (Å²) in [7, 11) is 0. The first-order chi connectivity index (χ1) is 20.2. The fourth-order valence-electron chi connectivity index (χ4n) is 7.64. The predicted molar refractivity (Wildman–Crippen MR) is 173 cm³/mol. The molecule has 2 aromatic heterocycles. The van der Waals surface area contributed by atoms with E-state index in [1.165, 1.54) is 77.2 Å². The maximum atomic E-state index is 2.52. The van der Waals surface area contributed by atoms with Gasteiger partial charge in [-0.15, -0.1) is 0 Å². The highest BCUT2D eigenvalue weighted by Gasteiger charge is 2.41. The molecule has 0 N–H and O–H groups in total. The normalized spacial score (nSPS) is 13.8. The molecule has 0 saturated carbocycles. The van der Waals surface area contributed by atoms with E-state index in [2.05, 4.69) is 156 Å². The van der Waals surface area contributed by atoms with Gasteiger partial charge in [-0.2, -0.15) is 0 Å². The van der Waals surface area contributed by atoms with Crippen LogP contribution >= 0.6 is 0 Å². The molecule has 0 radical (unpaired) electrons. The summed E-state index contributed by atoms with van der Waals surface area (Å²) >= 11 is 0. The zero-order chi connectivity index (χ0) is 27.3. The summed E-state index contributed by atoms with van der Waals surface area (Å²) in [6.45, 7) is 4.82. The molecule has 0 unspecified atom stereocenters. The smallest absolute Gasteiger partial charge is 0.0630 e. The van der Waals surface area contributed by atoms with E-state index in [9.17, 15) is 0 Å². The Morgan fingerprint density at radius 2 is 0.927 bits per heavy atom. The Bertz CT molecular complexity index is 2320. The highest BCUT2D eigenvalue weighted by molar-refractivity contribution is 6.33. The Balaban J connectivity index is 1.67. The molecular formula is C39H28N2. The van der Waals surface area contributed by atoms with Gasteiger partial charge in [0.25, 0.3) is 0 Å². The molecule has 6 aromatic carbocycles. The van der Waals surface area contributed by atoms with Crippen LogP contribution in [-0.4, -0.2) is 9.13 Å². The second-order valence-corrected chi connectivity index (χ2v) is 11.7. The van der Waals surface area contributed by atoms with Crippen LogP contribution < -0.4 is 0 Å². The maximum Gasteiger partial charge on any atom is 0.0630 e.